The molecule has 0 saturated heterocycles. The predicted octanol–water partition coefficient (Wildman–Crippen LogP) is 13.4. The third-order valence-electron chi connectivity index (χ3n) is 11.1. The average Bonchev–Trinajstić information content (AvgIpc) is 3.95. The van der Waals surface area contributed by atoms with Crippen LogP contribution in [0.1, 0.15) is 0 Å². The standard InChI is InChI=1S/C51H30N4O2/c1-3-11-31(12-4-1)33-19-23-39-40-24-20-34(28-47(40)57-46(39)27-33)50-52-49(32-13-5-2-6-14-32)53-51(54-50)35-21-25-41-42-30-36(22-26-45(42)56-48(41)29-35)55-43-17-9-7-15-37(43)38-16-8-10-18-44(38)55/h1-30H. The van der Waals surface area contributed by atoms with Crippen LogP contribution in [0.2, 0.25) is 0 Å². The van der Waals surface area contributed by atoms with Crippen LogP contribution in [-0.2, 0) is 0 Å². The van der Waals surface area contributed by atoms with Gasteiger partial charge in [-0.3, -0.25) is 0 Å². The highest BCUT2D eigenvalue weighted by atomic mass is 16.3. The lowest BCUT2D eigenvalue weighted by Crippen LogP contribution is -2.00. The molecule has 4 heterocycles. The van der Waals surface area contributed by atoms with Gasteiger partial charge in [0, 0.05) is 54.7 Å². The molecular weight excluding hydrogens is 701 g/mol. The van der Waals surface area contributed by atoms with Crippen LogP contribution in [0.3, 0.4) is 0 Å². The minimum atomic E-state index is 0.560. The van der Waals surface area contributed by atoms with Gasteiger partial charge in [-0.05, 0) is 77.9 Å². The molecule has 0 radical (unpaired) electrons. The lowest BCUT2D eigenvalue weighted by molar-refractivity contribution is 0.668. The Labute approximate surface area is 325 Å². The molecule has 12 rings (SSSR count). The van der Waals surface area contributed by atoms with Crippen LogP contribution in [-0.4, -0.2) is 19.5 Å². The molecule has 0 amide bonds. The van der Waals surface area contributed by atoms with E-state index in [-0.39, 0.29) is 0 Å². The highest BCUT2D eigenvalue weighted by Gasteiger charge is 2.18. The van der Waals surface area contributed by atoms with Gasteiger partial charge >= 0.3 is 0 Å². The number of nitrogens with zero attached hydrogens (tertiary/aromatic N) is 4. The summed E-state index contributed by atoms with van der Waals surface area (Å²) in [7, 11) is 0. The van der Waals surface area contributed by atoms with Gasteiger partial charge in [0.15, 0.2) is 17.5 Å². The third kappa shape index (κ3) is 5.08. The zero-order chi connectivity index (χ0) is 37.5. The highest BCUT2D eigenvalue weighted by Crippen LogP contribution is 2.38. The summed E-state index contributed by atoms with van der Waals surface area (Å²) in [6.45, 7) is 0. The lowest BCUT2D eigenvalue weighted by Gasteiger charge is -2.08. The molecule has 0 N–H and O–H groups in total. The molecule has 0 aliphatic carbocycles. The Balaban J connectivity index is 0.971. The zero-order valence-corrected chi connectivity index (χ0v) is 30.4. The maximum atomic E-state index is 6.51. The van der Waals surface area contributed by atoms with E-state index in [1.54, 1.807) is 0 Å². The fourth-order valence-electron chi connectivity index (χ4n) is 8.32. The highest BCUT2D eigenvalue weighted by molar-refractivity contribution is 6.11. The molecule has 0 fully saturated rings. The summed E-state index contributed by atoms with van der Waals surface area (Å²) in [4.78, 5) is 15.1. The van der Waals surface area contributed by atoms with Gasteiger partial charge in [-0.15, -0.1) is 0 Å². The Morgan fingerprint density at radius 3 is 1.35 bits per heavy atom. The molecule has 4 aromatic heterocycles. The van der Waals surface area contributed by atoms with E-state index in [4.69, 9.17) is 23.8 Å². The molecule has 0 aliphatic rings. The summed E-state index contributed by atoms with van der Waals surface area (Å²) in [5, 5.41) is 6.65. The number of hydrogen-bond acceptors (Lipinski definition) is 5. The number of fused-ring (bicyclic) bond motifs is 9. The van der Waals surface area contributed by atoms with Crippen LogP contribution in [0.15, 0.2) is 191 Å². The fraction of sp³-hybridized carbons (Fsp3) is 0. The average molecular weight is 731 g/mol. The first kappa shape index (κ1) is 31.5. The van der Waals surface area contributed by atoms with Crippen molar-refractivity contribution in [3.05, 3.63) is 182 Å². The third-order valence-corrected chi connectivity index (χ3v) is 11.1. The monoisotopic (exact) mass is 730 g/mol. The normalized spacial score (nSPS) is 11.9. The van der Waals surface area contributed by atoms with Gasteiger partial charge in [-0.1, -0.05) is 115 Å². The molecular formula is C51H30N4O2. The number of furan rings is 2. The Kier molecular flexibility index (Phi) is 6.83. The Bertz CT molecular complexity index is 3470. The van der Waals surface area contributed by atoms with Gasteiger partial charge in [-0.2, -0.15) is 0 Å². The number of benzene rings is 8. The van der Waals surface area contributed by atoms with Crippen molar-refractivity contribution in [3.63, 3.8) is 0 Å². The quantitative estimate of drug-likeness (QED) is 0.176. The van der Waals surface area contributed by atoms with Crippen molar-refractivity contribution in [3.8, 4) is 51.0 Å². The molecule has 266 valence electrons. The van der Waals surface area contributed by atoms with Crippen molar-refractivity contribution in [1.82, 2.24) is 19.5 Å². The Morgan fingerprint density at radius 1 is 0.298 bits per heavy atom. The smallest absolute Gasteiger partial charge is 0.164 e. The van der Waals surface area contributed by atoms with Crippen molar-refractivity contribution in [2.75, 3.05) is 0 Å². The van der Waals surface area contributed by atoms with Gasteiger partial charge in [-0.25, -0.2) is 15.0 Å². The minimum absolute atomic E-state index is 0.560. The first-order valence-electron chi connectivity index (χ1n) is 19.0. The van der Waals surface area contributed by atoms with E-state index in [9.17, 15) is 0 Å². The molecule has 6 nitrogen and oxygen atoms in total. The largest absolute Gasteiger partial charge is 0.456 e. The van der Waals surface area contributed by atoms with Crippen LogP contribution >= 0.6 is 0 Å². The minimum Gasteiger partial charge on any atom is -0.456 e. The van der Waals surface area contributed by atoms with Crippen LogP contribution in [0.5, 0.6) is 0 Å². The van der Waals surface area contributed by atoms with Crippen LogP contribution in [0, 0.1) is 0 Å². The van der Waals surface area contributed by atoms with E-state index in [1.807, 2.05) is 48.5 Å². The van der Waals surface area contributed by atoms with E-state index in [1.165, 1.54) is 21.8 Å². The predicted molar refractivity (Wildman–Crippen MR) is 230 cm³/mol. The van der Waals surface area contributed by atoms with Gasteiger partial charge in [0.2, 0.25) is 0 Å². The molecule has 12 aromatic rings. The summed E-state index contributed by atoms with van der Waals surface area (Å²) >= 11 is 0. The van der Waals surface area contributed by atoms with E-state index >= 15 is 0 Å². The Hall–Kier alpha value is -7.83. The summed E-state index contributed by atoms with van der Waals surface area (Å²) in [5.74, 6) is 1.71. The molecule has 0 bridgehead atoms. The molecule has 6 heteroatoms. The zero-order valence-electron chi connectivity index (χ0n) is 30.4. The Morgan fingerprint density at radius 2 is 0.754 bits per heavy atom. The van der Waals surface area contributed by atoms with Gasteiger partial charge in [0.1, 0.15) is 22.3 Å². The first-order chi connectivity index (χ1) is 28.2. The van der Waals surface area contributed by atoms with Crippen molar-refractivity contribution in [1.29, 1.82) is 0 Å². The van der Waals surface area contributed by atoms with Gasteiger partial charge in [0.25, 0.3) is 0 Å². The van der Waals surface area contributed by atoms with Crippen LogP contribution < -0.4 is 0 Å². The summed E-state index contributed by atoms with van der Waals surface area (Å²) in [6.07, 6.45) is 0. The van der Waals surface area contributed by atoms with E-state index in [0.717, 1.165) is 77.4 Å². The maximum absolute atomic E-state index is 6.51. The number of para-hydroxylation sites is 2. The van der Waals surface area contributed by atoms with Crippen molar-refractivity contribution in [2.24, 2.45) is 0 Å². The van der Waals surface area contributed by atoms with Crippen LogP contribution in [0.25, 0.3) is 117 Å². The molecule has 57 heavy (non-hydrogen) atoms. The number of hydrogen-bond donors (Lipinski definition) is 0. The number of rotatable bonds is 5. The molecule has 0 spiro atoms. The lowest BCUT2D eigenvalue weighted by atomic mass is 10.0. The second-order valence-electron chi connectivity index (χ2n) is 14.4. The summed E-state index contributed by atoms with van der Waals surface area (Å²) in [5.41, 5.74) is 11.5. The number of aromatic nitrogens is 4. The second-order valence-corrected chi connectivity index (χ2v) is 14.4. The molecule has 0 aliphatic heterocycles. The van der Waals surface area contributed by atoms with E-state index in [2.05, 4.69) is 138 Å². The van der Waals surface area contributed by atoms with E-state index in [0.29, 0.717) is 17.5 Å². The molecule has 0 saturated carbocycles. The maximum Gasteiger partial charge on any atom is 0.164 e. The molecule has 0 atom stereocenters. The summed E-state index contributed by atoms with van der Waals surface area (Å²) in [6, 6.07) is 62.8. The first-order valence-corrected chi connectivity index (χ1v) is 19.0. The topological polar surface area (TPSA) is 69.9 Å². The van der Waals surface area contributed by atoms with Gasteiger partial charge < -0.3 is 13.4 Å². The molecule has 0 unspecified atom stereocenters. The van der Waals surface area contributed by atoms with Gasteiger partial charge in [0.05, 0.1) is 11.0 Å². The SMILES string of the molecule is c1ccc(-c2ccc3c(c2)oc2cc(-c4nc(-c5ccccc5)nc(-c5ccc6c(c5)oc5ccc(-n7c8ccccc8c8ccccc87)cc56)n4)ccc23)cc1. The second kappa shape index (κ2) is 12.3. The van der Waals surface area contributed by atoms with Crippen molar-refractivity contribution in [2.45, 2.75) is 0 Å². The van der Waals surface area contributed by atoms with Crippen molar-refractivity contribution < 1.29 is 8.83 Å². The fourth-order valence-corrected chi connectivity index (χ4v) is 8.32. The summed E-state index contributed by atoms with van der Waals surface area (Å²) < 4.78 is 15.3. The molecule has 8 aromatic carbocycles. The van der Waals surface area contributed by atoms with Crippen molar-refractivity contribution >= 4 is 65.7 Å². The van der Waals surface area contributed by atoms with Crippen LogP contribution in [0.4, 0.5) is 0 Å². The van der Waals surface area contributed by atoms with E-state index < -0.39 is 0 Å².